The monoisotopic (exact) mass is 362 g/mol. The van der Waals surface area contributed by atoms with E-state index < -0.39 is 28.5 Å². The maximum atomic E-state index is 12.0. The molecule has 23 heavy (non-hydrogen) atoms. The van der Waals surface area contributed by atoms with Gasteiger partial charge in [-0.15, -0.1) is 0 Å². The highest BCUT2D eigenvalue weighted by molar-refractivity contribution is 7.89. The molecule has 0 unspecified atom stereocenters. The number of amides is 1. The van der Waals surface area contributed by atoms with Crippen LogP contribution >= 0.6 is 11.6 Å². The van der Waals surface area contributed by atoms with Crippen LogP contribution in [0.2, 0.25) is 5.02 Å². The topological polar surface area (TPSA) is 116 Å². The van der Waals surface area contributed by atoms with Crippen LogP contribution in [0.4, 0.5) is 0 Å². The second kappa shape index (κ2) is 8.28. The highest BCUT2D eigenvalue weighted by Gasteiger charge is 2.18. The number of ether oxygens (including phenoxy) is 1. The molecule has 0 heterocycles. The van der Waals surface area contributed by atoms with Crippen molar-refractivity contribution in [3.63, 3.8) is 0 Å². The average Bonchev–Trinajstić information content (AvgIpc) is 2.49. The Balaban J connectivity index is 2.77. The van der Waals surface area contributed by atoms with E-state index in [-0.39, 0.29) is 21.5 Å². The molecule has 0 fully saturated rings. The summed E-state index contributed by atoms with van der Waals surface area (Å²) in [5.41, 5.74) is -0.173. The smallest absolute Gasteiger partial charge is 0.340 e. The fourth-order valence-corrected chi connectivity index (χ4v) is 2.54. The van der Waals surface area contributed by atoms with Gasteiger partial charge in [0.15, 0.2) is 6.61 Å². The van der Waals surface area contributed by atoms with Crippen LogP contribution in [0.15, 0.2) is 23.1 Å². The summed E-state index contributed by atoms with van der Waals surface area (Å²) in [6, 6.07) is 3.42. The number of carbonyl (C=O) groups is 2. The summed E-state index contributed by atoms with van der Waals surface area (Å²) in [5.74, 6) is -1.34. The van der Waals surface area contributed by atoms with Crippen molar-refractivity contribution in [3.8, 4) is 0 Å². The molecule has 0 aliphatic carbocycles. The van der Waals surface area contributed by atoms with Gasteiger partial charge in [-0.25, -0.2) is 18.4 Å². The first-order valence-electron chi connectivity index (χ1n) is 6.97. The first-order valence-corrected chi connectivity index (χ1v) is 8.90. The van der Waals surface area contributed by atoms with E-state index in [1.165, 1.54) is 12.1 Å². The van der Waals surface area contributed by atoms with Gasteiger partial charge in [-0.3, -0.25) is 4.79 Å². The van der Waals surface area contributed by atoms with E-state index >= 15 is 0 Å². The van der Waals surface area contributed by atoms with Crippen LogP contribution in [0.1, 0.15) is 37.0 Å². The molecule has 0 aromatic heterocycles. The summed E-state index contributed by atoms with van der Waals surface area (Å²) >= 11 is 5.85. The Morgan fingerprint density at radius 1 is 1.30 bits per heavy atom. The molecule has 1 aromatic carbocycles. The number of hydrogen-bond donors (Lipinski definition) is 2. The molecule has 0 spiro atoms. The summed E-state index contributed by atoms with van der Waals surface area (Å²) in [6.45, 7) is 3.38. The lowest BCUT2D eigenvalue weighted by Gasteiger charge is -2.14. The molecule has 0 bridgehead atoms. The predicted molar refractivity (Wildman–Crippen MR) is 85.6 cm³/mol. The van der Waals surface area contributed by atoms with Gasteiger partial charge in [-0.05, 0) is 31.0 Å². The lowest BCUT2D eigenvalue weighted by Crippen LogP contribution is -2.36. The van der Waals surface area contributed by atoms with Crippen molar-refractivity contribution >= 4 is 33.5 Å². The standard InChI is InChI=1S/C14H19ClN2O5S/c1-3-9(4-2)17-13(18)8-22-14(19)11-7-10(23(16,20)21)5-6-12(11)15/h5-7,9H,3-4,8H2,1-2H3,(H,17,18)(H2,16,20,21). The highest BCUT2D eigenvalue weighted by atomic mass is 35.5. The number of sulfonamides is 1. The van der Waals surface area contributed by atoms with E-state index in [0.29, 0.717) is 0 Å². The van der Waals surface area contributed by atoms with Crippen molar-refractivity contribution in [2.75, 3.05) is 6.61 Å². The Bertz CT molecular complexity index is 686. The molecule has 0 aliphatic rings. The minimum atomic E-state index is -3.98. The summed E-state index contributed by atoms with van der Waals surface area (Å²) < 4.78 is 27.4. The SMILES string of the molecule is CCC(CC)NC(=O)COC(=O)c1cc(S(N)(=O)=O)ccc1Cl. The van der Waals surface area contributed by atoms with Gasteiger partial charge < -0.3 is 10.1 Å². The molecule has 0 saturated carbocycles. The molecule has 0 atom stereocenters. The molecule has 9 heteroatoms. The Hall–Kier alpha value is -1.64. The van der Waals surface area contributed by atoms with Crippen LogP contribution in [0.25, 0.3) is 0 Å². The van der Waals surface area contributed by atoms with Gasteiger partial charge in [0.1, 0.15) is 0 Å². The van der Waals surface area contributed by atoms with E-state index in [1.54, 1.807) is 0 Å². The zero-order valence-corrected chi connectivity index (χ0v) is 14.4. The largest absolute Gasteiger partial charge is 0.452 e. The molecular weight excluding hydrogens is 344 g/mol. The van der Waals surface area contributed by atoms with Crippen molar-refractivity contribution in [2.45, 2.75) is 37.6 Å². The second-order valence-electron chi connectivity index (χ2n) is 4.84. The first kappa shape index (κ1) is 19.4. The van der Waals surface area contributed by atoms with Crippen LogP contribution in [0.5, 0.6) is 0 Å². The third-order valence-corrected chi connectivity index (χ3v) is 4.41. The molecule has 0 saturated heterocycles. The third kappa shape index (κ3) is 5.81. The Morgan fingerprint density at radius 3 is 2.43 bits per heavy atom. The second-order valence-corrected chi connectivity index (χ2v) is 6.81. The number of halogens is 1. The van der Waals surface area contributed by atoms with E-state index in [9.17, 15) is 18.0 Å². The molecule has 1 aromatic rings. The van der Waals surface area contributed by atoms with Crippen LogP contribution in [-0.2, 0) is 19.6 Å². The van der Waals surface area contributed by atoms with Crippen molar-refractivity contribution in [1.29, 1.82) is 0 Å². The maximum absolute atomic E-state index is 12.0. The van der Waals surface area contributed by atoms with Crippen molar-refractivity contribution in [3.05, 3.63) is 28.8 Å². The number of hydrogen-bond acceptors (Lipinski definition) is 5. The van der Waals surface area contributed by atoms with E-state index in [1.807, 2.05) is 13.8 Å². The molecular formula is C14H19ClN2O5S. The van der Waals surface area contributed by atoms with E-state index in [4.69, 9.17) is 21.5 Å². The minimum absolute atomic E-state index is 0.00259. The zero-order valence-electron chi connectivity index (χ0n) is 12.8. The number of carbonyl (C=O) groups excluding carboxylic acids is 2. The molecule has 3 N–H and O–H groups in total. The Labute approximate surface area is 140 Å². The average molecular weight is 363 g/mol. The van der Waals surface area contributed by atoms with Gasteiger partial charge >= 0.3 is 5.97 Å². The van der Waals surface area contributed by atoms with E-state index in [2.05, 4.69) is 5.32 Å². The molecule has 1 rings (SSSR count). The van der Waals surface area contributed by atoms with Gasteiger partial charge in [-0.1, -0.05) is 25.4 Å². The van der Waals surface area contributed by atoms with E-state index in [0.717, 1.165) is 18.9 Å². The fourth-order valence-electron chi connectivity index (χ4n) is 1.81. The number of esters is 1. The zero-order chi connectivity index (χ0) is 17.6. The number of primary sulfonamides is 1. The van der Waals surface area contributed by atoms with Crippen molar-refractivity contribution in [2.24, 2.45) is 5.14 Å². The molecule has 0 aliphatic heterocycles. The number of nitrogens with two attached hydrogens (primary N) is 1. The summed E-state index contributed by atoms with van der Waals surface area (Å²) in [4.78, 5) is 23.4. The lowest BCUT2D eigenvalue weighted by atomic mass is 10.2. The van der Waals surface area contributed by atoms with Crippen LogP contribution in [0.3, 0.4) is 0 Å². The molecule has 7 nitrogen and oxygen atoms in total. The molecule has 128 valence electrons. The Kier molecular flexibility index (Phi) is 6.99. The normalized spacial score (nSPS) is 11.3. The van der Waals surface area contributed by atoms with Gasteiger partial charge in [0.25, 0.3) is 5.91 Å². The van der Waals surface area contributed by atoms with Crippen LogP contribution in [-0.4, -0.2) is 32.9 Å². The van der Waals surface area contributed by atoms with Gasteiger partial charge in [0.2, 0.25) is 10.0 Å². The quantitative estimate of drug-likeness (QED) is 0.712. The maximum Gasteiger partial charge on any atom is 0.340 e. The predicted octanol–water partition coefficient (Wildman–Crippen LogP) is 1.45. The van der Waals surface area contributed by atoms with Crippen LogP contribution < -0.4 is 10.5 Å². The van der Waals surface area contributed by atoms with Gasteiger partial charge in [-0.2, -0.15) is 0 Å². The number of nitrogens with one attached hydrogen (secondary N) is 1. The lowest BCUT2D eigenvalue weighted by molar-refractivity contribution is -0.125. The fraction of sp³-hybridized carbons (Fsp3) is 0.429. The summed E-state index contributed by atoms with van der Waals surface area (Å²) in [7, 11) is -3.98. The minimum Gasteiger partial charge on any atom is -0.452 e. The van der Waals surface area contributed by atoms with Crippen LogP contribution in [0, 0.1) is 0 Å². The third-order valence-electron chi connectivity index (χ3n) is 3.17. The van der Waals surface area contributed by atoms with Gasteiger partial charge in [0.05, 0.1) is 15.5 Å². The Morgan fingerprint density at radius 2 is 1.91 bits per heavy atom. The molecule has 1 amide bonds. The summed E-state index contributed by atoms with van der Waals surface area (Å²) in [5, 5.41) is 7.71. The number of rotatable bonds is 7. The van der Waals surface area contributed by atoms with Gasteiger partial charge in [0, 0.05) is 6.04 Å². The van der Waals surface area contributed by atoms with Crippen molar-refractivity contribution < 1.29 is 22.7 Å². The summed E-state index contributed by atoms with van der Waals surface area (Å²) in [6.07, 6.45) is 1.52. The van der Waals surface area contributed by atoms with Crippen molar-refractivity contribution in [1.82, 2.24) is 5.32 Å². The first-order chi connectivity index (χ1) is 10.7. The number of benzene rings is 1. The molecule has 0 radical (unpaired) electrons. The highest BCUT2D eigenvalue weighted by Crippen LogP contribution is 2.20.